The van der Waals surface area contributed by atoms with Gasteiger partial charge in [-0.05, 0) is 31.5 Å². The second kappa shape index (κ2) is 5.78. The third-order valence-electron chi connectivity index (χ3n) is 3.21. The van der Waals surface area contributed by atoms with E-state index in [-0.39, 0.29) is 11.8 Å². The number of nitrogens with one attached hydrogen (secondary N) is 2. The van der Waals surface area contributed by atoms with Crippen molar-refractivity contribution in [2.24, 2.45) is 0 Å². The first-order chi connectivity index (χ1) is 9.90. The molecular weight excluding hydrogens is 268 g/mol. The van der Waals surface area contributed by atoms with Gasteiger partial charge in [0.25, 0.3) is 11.8 Å². The van der Waals surface area contributed by atoms with Crippen molar-refractivity contribution in [2.45, 2.75) is 13.8 Å². The summed E-state index contributed by atoms with van der Waals surface area (Å²) in [5.74, 6) is -0.358. The van der Waals surface area contributed by atoms with Crippen LogP contribution in [0.1, 0.15) is 32.0 Å². The molecule has 1 heterocycles. The number of H-pyrrole nitrogens is 1. The third-order valence-corrected chi connectivity index (χ3v) is 3.21. The van der Waals surface area contributed by atoms with Crippen LogP contribution in [0.5, 0.6) is 0 Å². The van der Waals surface area contributed by atoms with Gasteiger partial charge >= 0.3 is 0 Å². The van der Waals surface area contributed by atoms with Crippen molar-refractivity contribution in [1.29, 1.82) is 0 Å². The number of anilines is 1. The summed E-state index contributed by atoms with van der Waals surface area (Å²) in [7, 11) is 3.38. The molecule has 0 unspecified atom stereocenters. The molecule has 21 heavy (non-hydrogen) atoms. The topological polar surface area (TPSA) is 78.1 Å². The van der Waals surface area contributed by atoms with E-state index in [4.69, 9.17) is 0 Å². The number of rotatable bonds is 3. The van der Waals surface area contributed by atoms with Gasteiger partial charge in [-0.1, -0.05) is 6.07 Å². The second-order valence-electron chi connectivity index (χ2n) is 5.09. The predicted molar refractivity (Wildman–Crippen MR) is 80.5 cm³/mol. The second-order valence-corrected chi connectivity index (χ2v) is 5.09. The van der Waals surface area contributed by atoms with E-state index in [1.165, 1.54) is 11.1 Å². The maximum absolute atomic E-state index is 12.2. The molecule has 1 aromatic heterocycles. The van der Waals surface area contributed by atoms with Gasteiger partial charge in [0.05, 0.1) is 11.8 Å². The fraction of sp³-hybridized carbons (Fsp3) is 0.267. The van der Waals surface area contributed by atoms with Crippen LogP contribution in [-0.2, 0) is 0 Å². The molecule has 0 aliphatic heterocycles. The number of nitrogens with zero attached hydrogens (tertiary/aromatic N) is 2. The molecule has 2 aromatic rings. The molecule has 0 bridgehead atoms. The monoisotopic (exact) mass is 286 g/mol. The van der Waals surface area contributed by atoms with E-state index in [1.807, 2.05) is 13.0 Å². The number of carbonyl (C=O) groups excluding carboxylic acids is 2. The average molecular weight is 286 g/mol. The van der Waals surface area contributed by atoms with Crippen LogP contribution < -0.4 is 5.32 Å². The van der Waals surface area contributed by atoms with E-state index in [2.05, 4.69) is 15.5 Å². The number of aromatic amines is 1. The Morgan fingerprint density at radius 1 is 1.24 bits per heavy atom. The van der Waals surface area contributed by atoms with E-state index in [0.29, 0.717) is 22.5 Å². The molecule has 110 valence electrons. The summed E-state index contributed by atoms with van der Waals surface area (Å²) in [6.45, 7) is 3.66. The largest absolute Gasteiger partial charge is 0.345 e. The first-order valence-corrected chi connectivity index (χ1v) is 6.53. The molecule has 0 aliphatic carbocycles. The SMILES string of the molecule is Cc1ccc(C(=O)N(C)C)cc1NC(=O)c1cn[nH]c1C. The minimum atomic E-state index is -0.251. The Kier molecular flexibility index (Phi) is 4.07. The van der Waals surface area contributed by atoms with Crippen LogP contribution in [0.2, 0.25) is 0 Å². The molecule has 0 spiro atoms. The van der Waals surface area contributed by atoms with Gasteiger partial charge in [-0.3, -0.25) is 14.7 Å². The number of amides is 2. The number of aryl methyl sites for hydroxylation is 2. The molecule has 2 rings (SSSR count). The van der Waals surface area contributed by atoms with Crippen molar-refractivity contribution in [3.63, 3.8) is 0 Å². The Hall–Kier alpha value is -2.63. The quantitative estimate of drug-likeness (QED) is 0.905. The van der Waals surface area contributed by atoms with Crippen molar-refractivity contribution in [3.05, 3.63) is 46.8 Å². The number of aromatic nitrogens is 2. The van der Waals surface area contributed by atoms with Crippen LogP contribution >= 0.6 is 0 Å². The summed E-state index contributed by atoms with van der Waals surface area (Å²) in [5.41, 5.74) is 3.22. The van der Waals surface area contributed by atoms with Gasteiger partial charge in [0, 0.05) is 31.0 Å². The molecule has 0 aliphatic rings. The summed E-state index contributed by atoms with van der Waals surface area (Å²) in [6, 6.07) is 5.25. The number of carbonyl (C=O) groups is 2. The maximum atomic E-state index is 12.2. The smallest absolute Gasteiger partial charge is 0.259 e. The van der Waals surface area contributed by atoms with Gasteiger partial charge in [-0.15, -0.1) is 0 Å². The van der Waals surface area contributed by atoms with E-state index < -0.39 is 0 Å². The minimum Gasteiger partial charge on any atom is -0.345 e. The zero-order chi connectivity index (χ0) is 15.6. The lowest BCUT2D eigenvalue weighted by Crippen LogP contribution is -2.22. The van der Waals surface area contributed by atoms with Crippen molar-refractivity contribution in [3.8, 4) is 0 Å². The van der Waals surface area contributed by atoms with E-state index in [1.54, 1.807) is 33.2 Å². The normalized spacial score (nSPS) is 10.3. The van der Waals surface area contributed by atoms with Crippen LogP contribution in [-0.4, -0.2) is 41.0 Å². The van der Waals surface area contributed by atoms with Crippen molar-refractivity contribution in [1.82, 2.24) is 15.1 Å². The molecule has 6 nitrogen and oxygen atoms in total. The highest BCUT2D eigenvalue weighted by atomic mass is 16.2. The van der Waals surface area contributed by atoms with E-state index >= 15 is 0 Å². The molecule has 2 N–H and O–H groups in total. The summed E-state index contributed by atoms with van der Waals surface area (Å²) < 4.78 is 0. The Bertz CT molecular complexity index is 689. The van der Waals surface area contributed by atoms with Gasteiger partial charge in [0.1, 0.15) is 0 Å². The lowest BCUT2D eigenvalue weighted by atomic mass is 10.1. The lowest BCUT2D eigenvalue weighted by Gasteiger charge is -2.13. The van der Waals surface area contributed by atoms with Crippen LogP contribution in [0.15, 0.2) is 24.4 Å². The van der Waals surface area contributed by atoms with Crippen LogP contribution in [0.3, 0.4) is 0 Å². The minimum absolute atomic E-state index is 0.106. The Balaban J connectivity index is 2.28. The zero-order valence-corrected chi connectivity index (χ0v) is 12.5. The summed E-state index contributed by atoms with van der Waals surface area (Å²) in [6.07, 6.45) is 1.48. The number of benzene rings is 1. The third kappa shape index (κ3) is 3.10. The van der Waals surface area contributed by atoms with Crippen molar-refractivity contribution >= 4 is 17.5 Å². The highest BCUT2D eigenvalue weighted by Gasteiger charge is 2.14. The number of hydrogen-bond acceptors (Lipinski definition) is 3. The fourth-order valence-electron chi connectivity index (χ4n) is 1.92. The lowest BCUT2D eigenvalue weighted by molar-refractivity contribution is 0.0827. The van der Waals surface area contributed by atoms with Crippen molar-refractivity contribution < 1.29 is 9.59 Å². The van der Waals surface area contributed by atoms with Crippen LogP contribution in [0.4, 0.5) is 5.69 Å². The molecule has 0 atom stereocenters. The Morgan fingerprint density at radius 2 is 1.95 bits per heavy atom. The van der Waals surface area contributed by atoms with E-state index in [9.17, 15) is 9.59 Å². The standard InChI is InChI=1S/C15H18N4O2/c1-9-5-6-11(15(21)19(3)4)7-13(9)17-14(20)12-8-16-18-10(12)2/h5-8H,1-4H3,(H,16,18)(H,17,20). The average Bonchev–Trinajstić information content (AvgIpc) is 2.86. The number of hydrogen-bond donors (Lipinski definition) is 2. The van der Waals surface area contributed by atoms with Gasteiger partial charge in [-0.2, -0.15) is 5.10 Å². The predicted octanol–water partition coefficient (Wildman–Crippen LogP) is 1.98. The molecule has 1 aromatic carbocycles. The molecule has 0 radical (unpaired) electrons. The van der Waals surface area contributed by atoms with Gasteiger partial charge < -0.3 is 10.2 Å². The molecular formula is C15H18N4O2. The van der Waals surface area contributed by atoms with Gasteiger partial charge in [0.2, 0.25) is 0 Å². The fourth-order valence-corrected chi connectivity index (χ4v) is 1.92. The Labute approximate surface area is 123 Å². The first-order valence-electron chi connectivity index (χ1n) is 6.53. The molecule has 0 saturated heterocycles. The molecule has 6 heteroatoms. The molecule has 0 fully saturated rings. The highest BCUT2D eigenvalue weighted by molar-refractivity contribution is 6.06. The van der Waals surface area contributed by atoms with E-state index in [0.717, 1.165) is 5.56 Å². The zero-order valence-electron chi connectivity index (χ0n) is 12.5. The summed E-state index contributed by atoms with van der Waals surface area (Å²) in [5, 5.41) is 9.37. The van der Waals surface area contributed by atoms with Crippen LogP contribution in [0.25, 0.3) is 0 Å². The summed E-state index contributed by atoms with van der Waals surface area (Å²) >= 11 is 0. The first kappa shape index (κ1) is 14.8. The van der Waals surface area contributed by atoms with Crippen molar-refractivity contribution in [2.75, 3.05) is 19.4 Å². The Morgan fingerprint density at radius 3 is 2.52 bits per heavy atom. The van der Waals surface area contributed by atoms with Gasteiger partial charge in [-0.25, -0.2) is 0 Å². The molecule has 0 saturated carbocycles. The maximum Gasteiger partial charge on any atom is 0.259 e. The van der Waals surface area contributed by atoms with Gasteiger partial charge in [0.15, 0.2) is 0 Å². The van der Waals surface area contributed by atoms with Crippen LogP contribution in [0, 0.1) is 13.8 Å². The highest BCUT2D eigenvalue weighted by Crippen LogP contribution is 2.19. The summed E-state index contributed by atoms with van der Waals surface area (Å²) in [4.78, 5) is 25.7. The molecule has 2 amide bonds.